The molecule has 0 aliphatic carbocycles. The molecule has 7 nitrogen and oxygen atoms in total. The molecule has 0 bridgehead atoms. The first-order valence-electron chi connectivity index (χ1n) is 11.0. The van der Waals surface area contributed by atoms with Crippen LogP contribution in [0.2, 0.25) is 0 Å². The largest absolute Gasteiger partial charge is 0.495 e. The van der Waals surface area contributed by atoms with Crippen molar-refractivity contribution in [1.82, 2.24) is 9.47 Å². The molecule has 4 rings (SSSR count). The van der Waals surface area contributed by atoms with Crippen molar-refractivity contribution in [2.75, 3.05) is 50.1 Å². The predicted molar refractivity (Wildman–Crippen MR) is 134 cm³/mol. The lowest BCUT2D eigenvalue weighted by Crippen LogP contribution is -2.46. The molecule has 2 aromatic carbocycles. The molecule has 1 aliphatic rings. The van der Waals surface area contributed by atoms with Crippen LogP contribution in [0.15, 0.2) is 53.0 Å². The first-order valence-corrected chi connectivity index (χ1v) is 11.8. The van der Waals surface area contributed by atoms with Crippen molar-refractivity contribution in [3.63, 3.8) is 0 Å². The second kappa shape index (κ2) is 10.3. The maximum absolute atomic E-state index is 11.4. The van der Waals surface area contributed by atoms with Gasteiger partial charge >= 0.3 is 6.03 Å². The van der Waals surface area contributed by atoms with E-state index in [-0.39, 0.29) is 0 Å². The van der Waals surface area contributed by atoms with Gasteiger partial charge in [-0.25, -0.2) is 4.79 Å². The van der Waals surface area contributed by atoms with E-state index in [1.54, 1.807) is 7.11 Å². The number of carbonyl (C=O) groups excluding carboxylic acids is 1. The number of rotatable bonds is 8. The number of ether oxygens (including phenoxy) is 1. The van der Waals surface area contributed by atoms with Crippen molar-refractivity contribution >= 4 is 44.4 Å². The van der Waals surface area contributed by atoms with E-state index in [1.165, 1.54) is 5.69 Å². The van der Waals surface area contributed by atoms with Crippen LogP contribution in [-0.4, -0.2) is 55.3 Å². The summed E-state index contributed by atoms with van der Waals surface area (Å²) in [6, 6.07) is 15.8. The molecular weight excluding hydrogens is 470 g/mol. The summed E-state index contributed by atoms with van der Waals surface area (Å²) in [6.45, 7) is 6.01. The molecule has 0 spiro atoms. The van der Waals surface area contributed by atoms with E-state index in [4.69, 9.17) is 10.5 Å². The highest BCUT2D eigenvalue weighted by Crippen LogP contribution is 2.29. The number of methoxy groups -OCH3 is 1. The molecule has 8 heteroatoms. The number of nitrogens with zero attached hydrogens (tertiary/aromatic N) is 3. The summed E-state index contributed by atoms with van der Waals surface area (Å²) in [5.74, 6) is 1.68. The summed E-state index contributed by atoms with van der Waals surface area (Å²) in [4.78, 5) is 16.4. The van der Waals surface area contributed by atoms with E-state index < -0.39 is 6.03 Å². The van der Waals surface area contributed by atoms with Crippen LogP contribution in [0.4, 0.5) is 16.3 Å². The molecule has 0 radical (unpaired) electrons. The molecule has 1 aromatic heterocycles. The summed E-state index contributed by atoms with van der Waals surface area (Å²) >= 11 is 3.51. The Hall–Kier alpha value is -2.71. The summed E-state index contributed by atoms with van der Waals surface area (Å²) in [5, 5.41) is 3.84. The molecule has 1 aliphatic heterocycles. The van der Waals surface area contributed by atoms with E-state index in [0.717, 1.165) is 79.1 Å². The first kappa shape index (κ1) is 22.5. The first-order chi connectivity index (χ1) is 15.5. The Morgan fingerprint density at radius 1 is 1.06 bits per heavy atom. The van der Waals surface area contributed by atoms with E-state index in [0.29, 0.717) is 0 Å². The summed E-state index contributed by atoms with van der Waals surface area (Å²) in [7, 11) is 1.73. The molecule has 1 fully saturated rings. The summed E-state index contributed by atoms with van der Waals surface area (Å²) in [5.41, 5.74) is 7.65. The predicted octanol–water partition coefficient (Wildman–Crippen LogP) is 4.51. The number of anilines is 2. The normalized spacial score (nSPS) is 14.6. The number of primary amides is 1. The Kier molecular flexibility index (Phi) is 7.22. The van der Waals surface area contributed by atoms with Gasteiger partial charge in [0.05, 0.1) is 12.8 Å². The number of nitrogens with one attached hydrogen (secondary N) is 1. The lowest BCUT2D eigenvalue weighted by molar-refractivity contribution is 0.250. The van der Waals surface area contributed by atoms with Gasteiger partial charge in [-0.2, -0.15) is 0 Å². The number of amides is 2. The lowest BCUT2D eigenvalue weighted by atomic mass is 10.2. The van der Waals surface area contributed by atoms with Crippen LogP contribution < -0.4 is 20.7 Å². The van der Waals surface area contributed by atoms with Crippen LogP contribution in [0.1, 0.15) is 12.8 Å². The van der Waals surface area contributed by atoms with Crippen molar-refractivity contribution in [3.05, 3.63) is 53.0 Å². The number of urea groups is 1. The third-order valence-electron chi connectivity index (χ3n) is 6.02. The topological polar surface area (TPSA) is 75.8 Å². The number of hydrogen-bond donors (Lipinski definition) is 2. The van der Waals surface area contributed by atoms with Gasteiger partial charge in [-0.3, -0.25) is 10.2 Å². The Bertz CT molecular complexity index is 1080. The molecule has 2 amide bonds. The highest BCUT2D eigenvalue weighted by molar-refractivity contribution is 9.10. The van der Waals surface area contributed by atoms with Crippen molar-refractivity contribution in [1.29, 1.82) is 0 Å². The molecular formula is C24H30BrN5O2. The Morgan fingerprint density at radius 2 is 1.81 bits per heavy atom. The minimum absolute atomic E-state index is 0.541. The van der Waals surface area contributed by atoms with Gasteiger partial charge in [0.25, 0.3) is 0 Å². The third kappa shape index (κ3) is 5.19. The highest BCUT2D eigenvalue weighted by atomic mass is 79.9. The fraction of sp³-hybridized carbons (Fsp3) is 0.375. The van der Waals surface area contributed by atoms with E-state index in [1.807, 2.05) is 24.3 Å². The van der Waals surface area contributed by atoms with Gasteiger partial charge in [-0.05, 0) is 55.8 Å². The molecule has 1 saturated heterocycles. The van der Waals surface area contributed by atoms with Gasteiger partial charge in [-0.1, -0.05) is 28.1 Å². The fourth-order valence-corrected chi connectivity index (χ4v) is 4.80. The fourth-order valence-electron chi connectivity index (χ4n) is 4.42. The molecule has 0 saturated carbocycles. The number of piperazine rings is 1. The third-order valence-corrected chi connectivity index (χ3v) is 6.51. The Morgan fingerprint density at radius 3 is 2.56 bits per heavy atom. The number of halogens is 1. The molecule has 3 aromatic rings. The van der Waals surface area contributed by atoms with Gasteiger partial charge in [0.1, 0.15) is 11.6 Å². The zero-order chi connectivity index (χ0) is 22.5. The average Bonchev–Trinajstić information content (AvgIpc) is 3.12. The van der Waals surface area contributed by atoms with E-state index in [9.17, 15) is 4.79 Å². The second-order valence-corrected chi connectivity index (χ2v) is 9.00. The maximum atomic E-state index is 11.4. The van der Waals surface area contributed by atoms with Crippen molar-refractivity contribution in [2.24, 2.45) is 5.73 Å². The minimum Gasteiger partial charge on any atom is -0.495 e. The van der Waals surface area contributed by atoms with E-state index in [2.05, 4.69) is 59.9 Å². The van der Waals surface area contributed by atoms with Gasteiger partial charge in [0.2, 0.25) is 0 Å². The van der Waals surface area contributed by atoms with Gasteiger partial charge in [0, 0.05) is 48.1 Å². The molecule has 32 heavy (non-hydrogen) atoms. The van der Waals surface area contributed by atoms with Crippen LogP contribution in [0, 0.1) is 0 Å². The maximum Gasteiger partial charge on any atom is 0.317 e. The quantitative estimate of drug-likeness (QED) is 0.447. The lowest BCUT2D eigenvalue weighted by Gasteiger charge is -2.36. The van der Waals surface area contributed by atoms with Crippen molar-refractivity contribution < 1.29 is 9.53 Å². The monoisotopic (exact) mass is 499 g/mol. The van der Waals surface area contributed by atoms with Crippen LogP contribution in [-0.2, 0) is 6.54 Å². The number of unbranched alkanes of at least 4 members (excludes halogenated alkanes) is 1. The zero-order valence-electron chi connectivity index (χ0n) is 18.4. The number of aromatic nitrogens is 1. The molecule has 0 atom stereocenters. The summed E-state index contributed by atoms with van der Waals surface area (Å²) in [6.07, 6.45) is 2.13. The second-order valence-electron chi connectivity index (χ2n) is 8.08. The number of benzene rings is 2. The molecule has 170 valence electrons. The van der Waals surface area contributed by atoms with Crippen LogP contribution in [0.25, 0.3) is 10.9 Å². The van der Waals surface area contributed by atoms with Gasteiger partial charge in [0.15, 0.2) is 0 Å². The Balaban J connectivity index is 1.30. The minimum atomic E-state index is -0.541. The number of aryl methyl sites for hydroxylation is 1. The molecule has 2 heterocycles. The number of nitrogens with two attached hydrogens (primary N) is 1. The van der Waals surface area contributed by atoms with Crippen molar-refractivity contribution in [3.8, 4) is 5.75 Å². The summed E-state index contributed by atoms with van der Waals surface area (Å²) < 4.78 is 8.68. The zero-order valence-corrected chi connectivity index (χ0v) is 20.0. The SMILES string of the molecule is COc1ccccc1N1CCN(CCCCn2c(NC(N)=O)cc3cc(Br)ccc32)CC1. The molecule has 0 unspecified atom stereocenters. The average molecular weight is 500 g/mol. The Labute approximate surface area is 197 Å². The van der Waals surface area contributed by atoms with Crippen molar-refractivity contribution in [2.45, 2.75) is 19.4 Å². The number of para-hydroxylation sites is 2. The number of carbonyl (C=O) groups is 1. The van der Waals surface area contributed by atoms with Crippen LogP contribution in [0.5, 0.6) is 5.75 Å². The number of fused-ring (bicyclic) bond motifs is 1. The standard InChI is InChI=1S/C24H30BrN5O2/c1-32-22-7-3-2-6-21(22)29-14-12-28(13-15-29)10-4-5-11-30-20-9-8-19(25)16-18(20)17-23(30)27-24(26)31/h2-3,6-9,16-17H,4-5,10-15H2,1H3,(H3,26,27,31). The smallest absolute Gasteiger partial charge is 0.317 e. The highest BCUT2D eigenvalue weighted by Gasteiger charge is 2.19. The van der Waals surface area contributed by atoms with Gasteiger partial charge in [-0.15, -0.1) is 0 Å². The number of hydrogen-bond acceptors (Lipinski definition) is 4. The van der Waals surface area contributed by atoms with Gasteiger partial charge < -0.3 is 19.9 Å². The van der Waals surface area contributed by atoms with Crippen LogP contribution >= 0.6 is 15.9 Å². The van der Waals surface area contributed by atoms with E-state index >= 15 is 0 Å². The molecule has 3 N–H and O–H groups in total. The van der Waals surface area contributed by atoms with Crippen LogP contribution in [0.3, 0.4) is 0 Å².